The van der Waals surface area contributed by atoms with Crippen molar-refractivity contribution in [1.82, 2.24) is 9.97 Å². The predicted molar refractivity (Wildman–Crippen MR) is 136 cm³/mol. The lowest BCUT2D eigenvalue weighted by Gasteiger charge is -2.32. The first-order chi connectivity index (χ1) is 18.5. The molecule has 194 valence electrons. The molecule has 10 heteroatoms. The number of carbonyl (C=O) groups is 1. The third-order valence-corrected chi connectivity index (χ3v) is 6.87. The number of anilines is 2. The molecule has 2 aliphatic rings. The number of fused-ring (bicyclic) bond motifs is 2. The fraction of sp³-hybridized carbons (Fsp3) is 0.250. The molecule has 0 aliphatic carbocycles. The van der Waals surface area contributed by atoms with Crippen molar-refractivity contribution < 1.29 is 27.4 Å². The molecule has 0 saturated carbocycles. The summed E-state index contributed by atoms with van der Waals surface area (Å²) in [5.41, 5.74) is 1.87. The number of halogens is 3. The van der Waals surface area contributed by atoms with Crippen LogP contribution in [0.4, 0.5) is 24.5 Å². The number of carbonyl (C=O) groups excluding carboxylic acids is 1. The molecular weight excluding hydrogens is 497 g/mol. The van der Waals surface area contributed by atoms with Gasteiger partial charge in [0.15, 0.2) is 11.6 Å². The highest BCUT2D eigenvalue weighted by Gasteiger charge is 2.29. The number of hydrogen-bond donors (Lipinski definition) is 1. The summed E-state index contributed by atoms with van der Waals surface area (Å²) in [5, 5.41) is 3.61. The van der Waals surface area contributed by atoms with Gasteiger partial charge in [-0.2, -0.15) is 0 Å². The van der Waals surface area contributed by atoms with Crippen LogP contribution in [0.3, 0.4) is 0 Å². The summed E-state index contributed by atoms with van der Waals surface area (Å²) < 4.78 is 54.0. The van der Waals surface area contributed by atoms with Crippen LogP contribution in [-0.2, 0) is 9.53 Å². The molecule has 38 heavy (non-hydrogen) atoms. The fourth-order valence-corrected chi connectivity index (χ4v) is 5.09. The SMILES string of the molecule is O=C(Nc1cnc2c(-c3cc(F)cc(F)c3F)nccc2c1N1CCOCC1)C1CCOc2ccccc21. The first-order valence-electron chi connectivity index (χ1n) is 12.3. The molecule has 0 spiro atoms. The third-order valence-electron chi connectivity index (χ3n) is 6.87. The average Bonchev–Trinajstić information content (AvgIpc) is 2.94. The minimum absolute atomic E-state index is 0.00384. The van der Waals surface area contributed by atoms with Crippen LogP contribution in [0.15, 0.2) is 54.9 Å². The smallest absolute Gasteiger partial charge is 0.232 e. The number of benzene rings is 2. The number of nitrogens with one attached hydrogen (secondary N) is 1. The summed E-state index contributed by atoms with van der Waals surface area (Å²) in [5.74, 6) is -3.38. The van der Waals surface area contributed by atoms with E-state index in [1.54, 1.807) is 6.07 Å². The molecule has 1 N–H and O–H groups in total. The van der Waals surface area contributed by atoms with E-state index >= 15 is 0 Å². The maximum Gasteiger partial charge on any atom is 0.232 e. The highest BCUT2D eigenvalue weighted by atomic mass is 19.2. The van der Waals surface area contributed by atoms with Crippen LogP contribution < -0.4 is 15.0 Å². The Morgan fingerprint density at radius 3 is 2.68 bits per heavy atom. The van der Waals surface area contributed by atoms with Crippen molar-refractivity contribution in [2.75, 3.05) is 43.1 Å². The molecule has 2 aromatic carbocycles. The molecule has 0 radical (unpaired) electrons. The van der Waals surface area contributed by atoms with Crippen molar-refractivity contribution >= 4 is 28.2 Å². The van der Waals surface area contributed by atoms with Gasteiger partial charge in [-0.05, 0) is 24.6 Å². The van der Waals surface area contributed by atoms with Gasteiger partial charge < -0.3 is 19.7 Å². The Kier molecular flexibility index (Phi) is 6.32. The number of morpholine rings is 1. The molecule has 2 aliphatic heterocycles. The van der Waals surface area contributed by atoms with E-state index in [1.165, 1.54) is 12.4 Å². The molecule has 4 aromatic rings. The Morgan fingerprint density at radius 2 is 1.84 bits per heavy atom. The third kappa shape index (κ3) is 4.30. The fourth-order valence-electron chi connectivity index (χ4n) is 5.09. The minimum atomic E-state index is -1.31. The van der Waals surface area contributed by atoms with Crippen LogP contribution in [0.25, 0.3) is 22.2 Å². The second-order valence-corrected chi connectivity index (χ2v) is 9.14. The largest absolute Gasteiger partial charge is 0.493 e. The van der Waals surface area contributed by atoms with Crippen LogP contribution >= 0.6 is 0 Å². The van der Waals surface area contributed by atoms with Gasteiger partial charge in [-0.15, -0.1) is 0 Å². The van der Waals surface area contributed by atoms with Crippen LogP contribution in [0.2, 0.25) is 0 Å². The molecular formula is C28H23F3N4O3. The standard InChI is InChI=1S/C28H23F3N4O3/c29-16-13-20(24(31)21(30)14-16)26-25-19(5-7-32-26)27(35-8-11-37-12-9-35)22(15-33-25)34-28(36)18-6-10-38-23-4-2-1-3-17(18)23/h1-5,7,13-15,18H,6,8-12H2,(H,34,36). The van der Waals surface area contributed by atoms with Crippen molar-refractivity contribution in [3.63, 3.8) is 0 Å². The van der Waals surface area contributed by atoms with Crippen molar-refractivity contribution in [2.24, 2.45) is 0 Å². The second-order valence-electron chi connectivity index (χ2n) is 9.14. The van der Waals surface area contributed by atoms with Crippen LogP contribution in [0.1, 0.15) is 17.9 Å². The Bertz CT molecular complexity index is 1540. The number of amides is 1. The van der Waals surface area contributed by atoms with Gasteiger partial charge in [-0.3, -0.25) is 14.8 Å². The van der Waals surface area contributed by atoms with E-state index in [4.69, 9.17) is 9.47 Å². The Balaban J connectivity index is 1.46. The quantitative estimate of drug-likeness (QED) is 0.380. The van der Waals surface area contributed by atoms with Crippen molar-refractivity contribution in [3.8, 4) is 17.0 Å². The Morgan fingerprint density at radius 1 is 1.03 bits per heavy atom. The minimum Gasteiger partial charge on any atom is -0.493 e. The summed E-state index contributed by atoms with van der Waals surface area (Å²) in [6, 6.07) is 10.5. The van der Waals surface area contributed by atoms with Crippen molar-refractivity contribution in [2.45, 2.75) is 12.3 Å². The van der Waals surface area contributed by atoms with Gasteiger partial charge in [0.05, 0.1) is 54.5 Å². The Labute approximate surface area is 216 Å². The summed E-state index contributed by atoms with van der Waals surface area (Å²) >= 11 is 0. The van der Waals surface area contributed by atoms with Gasteiger partial charge in [-0.1, -0.05) is 18.2 Å². The second kappa shape index (κ2) is 9.94. The molecule has 1 fully saturated rings. The number of para-hydroxylation sites is 1. The van der Waals surface area contributed by atoms with E-state index in [1.807, 2.05) is 29.2 Å². The zero-order valence-corrected chi connectivity index (χ0v) is 20.2. The van der Waals surface area contributed by atoms with Gasteiger partial charge in [0.25, 0.3) is 0 Å². The highest BCUT2D eigenvalue weighted by molar-refractivity contribution is 6.07. The molecule has 6 rings (SSSR count). The molecule has 4 heterocycles. The van der Waals surface area contributed by atoms with Gasteiger partial charge in [-0.25, -0.2) is 13.2 Å². The first kappa shape index (κ1) is 24.2. The van der Waals surface area contributed by atoms with Crippen molar-refractivity contribution in [1.29, 1.82) is 0 Å². The van der Waals surface area contributed by atoms with E-state index in [-0.39, 0.29) is 22.7 Å². The summed E-state index contributed by atoms with van der Waals surface area (Å²) in [7, 11) is 0. The lowest BCUT2D eigenvalue weighted by Crippen LogP contribution is -2.37. The van der Waals surface area contributed by atoms with Crippen LogP contribution in [0.5, 0.6) is 5.75 Å². The number of ether oxygens (including phenoxy) is 2. The summed E-state index contributed by atoms with van der Waals surface area (Å²) in [4.78, 5) is 24.3. The average molecular weight is 521 g/mol. The highest BCUT2D eigenvalue weighted by Crippen LogP contribution is 2.40. The number of nitrogens with zero attached hydrogens (tertiary/aromatic N) is 3. The van der Waals surface area contributed by atoms with Crippen LogP contribution in [-0.4, -0.2) is 48.8 Å². The number of aromatic nitrogens is 2. The van der Waals surface area contributed by atoms with Gasteiger partial charge >= 0.3 is 0 Å². The topological polar surface area (TPSA) is 76.6 Å². The zero-order valence-electron chi connectivity index (χ0n) is 20.2. The number of hydrogen-bond acceptors (Lipinski definition) is 6. The maximum atomic E-state index is 14.7. The van der Waals surface area contributed by atoms with E-state index in [0.29, 0.717) is 67.9 Å². The normalized spacial score (nSPS) is 17.1. The van der Waals surface area contributed by atoms with E-state index in [9.17, 15) is 18.0 Å². The first-order valence-corrected chi connectivity index (χ1v) is 12.3. The number of rotatable bonds is 4. The molecule has 2 aromatic heterocycles. The van der Waals surface area contributed by atoms with Gasteiger partial charge in [0.2, 0.25) is 5.91 Å². The summed E-state index contributed by atoms with van der Waals surface area (Å²) in [6.07, 6.45) is 3.44. The Hall–Kier alpha value is -4.18. The molecule has 7 nitrogen and oxygen atoms in total. The molecule has 1 amide bonds. The van der Waals surface area contributed by atoms with Gasteiger partial charge in [0, 0.05) is 41.9 Å². The van der Waals surface area contributed by atoms with Crippen molar-refractivity contribution in [3.05, 3.63) is 77.9 Å². The van der Waals surface area contributed by atoms with Crippen LogP contribution in [0, 0.1) is 17.5 Å². The zero-order chi connectivity index (χ0) is 26.2. The predicted octanol–water partition coefficient (Wildman–Crippen LogP) is 5.06. The van der Waals surface area contributed by atoms with E-state index < -0.39 is 23.4 Å². The maximum absolute atomic E-state index is 14.7. The molecule has 1 saturated heterocycles. The van der Waals surface area contributed by atoms with E-state index in [2.05, 4.69) is 15.3 Å². The molecule has 0 bridgehead atoms. The summed E-state index contributed by atoms with van der Waals surface area (Å²) in [6.45, 7) is 2.47. The lowest BCUT2D eigenvalue weighted by atomic mass is 9.92. The van der Waals surface area contributed by atoms with Gasteiger partial charge in [0.1, 0.15) is 11.6 Å². The van der Waals surface area contributed by atoms with E-state index in [0.717, 1.165) is 11.6 Å². The lowest BCUT2D eigenvalue weighted by molar-refractivity contribution is -0.118. The molecule has 1 unspecified atom stereocenters. The number of pyridine rings is 2. The molecule has 1 atom stereocenters. The monoisotopic (exact) mass is 520 g/mol.